The standard InChI is InChI=1S/C13H8Cl3FN2O/c14-9-2-1-3-10(17)8(9)6-18-13(20)7-4-11(15)19-12(16)5-7/h1-5H,6H2,(H,18,20). The molecule has 2 aromatic rings. The van der Waals surface area contributed by atoms with Crippen LogP contribution in [-0.2, 0) is 6.54 Å². The van der Waals surface area contributed by atoms with Gasteiger partial charge in [-0.1, -0.05) is 40.9 Å². The molecule has 1 aromatic carbocycles. The summed E-state index contributed by atoms with van der Waals surface area (Å²) in [5.41, 5.74) is 0.455. The molecule has 0 bridgehead atoms. The van der Waals surface area contributed by atoms with Crippen LogP contribution in [0.5, 0.6) is 0 Å². The van der Waals surface area contributed by atoms with E-state index < -0.39 is 11.7 Å². The highest BCUT2D eigenvalue weighted by Gasteiger charge is 2.11. The minimum atomic E-state index is -0.483. The van der Waals surface area contributed by atoms with Crippen molar-refractivity contribution in [3.63, 3.8) is 0 Å². The molecule has 1 N–H and O–H groups in total. The SMILES string of the molecule is O=C(NCc1c(F)cccc1Cl)c1cc(Cl)nc(Cl)c1. The van der Waals surface area contributed by atoms with Gasteiger partial charge < -0.3 is 5.32 Å². The van der Waals surface area contributed by atoms with Gasteiger partial charge in [0.15, 0.2) is 0 Å². The summed E-state index contributed by atoms with van der Waals surface area (Å²) in [7, 11) is 0. The lowest BCUT2D eigenvalue weighted by Gasteiger charge is -2.08. The van der Waals surface area contributed by atoms with Crippen LogP contribution in [0.15, 0.2) is 30.3 Å². The number of amides is 1. The van der Waals surface area contributed by atoms with Crippen LogP contribution in [0.4, 0.5) is 4.39 Å². The number of pyridine rings is 1. The largest absolute Gasteiger partial charge is 0.348 e. The van der Waals surface area contributed by atoms with E-state index in [2.05, 4.69) is 10.3 Å². The average molecular weight is 334 g/mol. The van der Waals surface area contributed by atoms with Crippen LogP contribution in [-0.4, -0.2) is 10.9 Å². The molecule has 0 saturated carbocycles. The molecule has 1 amide bonds. The number of hydrogen-bond donors (Lipinski definition) is 1. The first kappa shape index (κ1) is 15.0. The molecule has 0 atom stereocenters. The Labute approximate surface area is 129 Å². The molecule has 0 saturated heterocycles. The van der Waals surface area contributed by atoms with Gasteiger partial charge in [0.25, 0.3) is 5.91 Å². The van der Waals surface area contributed by atoms with Crippen molar-refractivity contribution in [2.45, 2.75) is 6.54 Å². The second kappa shape index (κ2) is 6.39. The fourth-order valence-electron chi connectivity index (χ4n) is 1.57. The number of hydrogen-bond acceptors (Lipinski definition) is 2. The minimum absolute atomic E-state index is 0.0398. The van der Waals surface area contributed by atoms with Gasteiger partial charge in [0.2, 0.25) is 0 Å². The first-order valence-electron chi connectivity index (χ1n) is 5.51. The first-order chi connectivity index (χ1) is 9.47. The van der Waals surface area contributed by atoms with Crippen LogP contribution in [0.2, 0.25) is 15.3 Å². The summed E-state index contributed by atoms with van der Waals surface area (Å²) in [6.45, 7) is -0.0398. The summed E-state index contributed by atoms with van der Waals surface area (Å²) in [6, 6.07) is 7.04. The molecular weight excluding hydrogens is 326 g/mol. The lowest BCUT2D eigenvalue weighted by atomic mass is 10.2. The van der Waals surface area contributed by atoms with E-state index in [0.29, 0.717) is 0 Å². The molecular formula is C13H8Cl3FN2O. The predicted molar refractivity (Wildman–Crippen MR) is 76.8 cm³/mol. The van der Waals surface area contributed by atoms with Crippen LogP contribution < -0.4 is 5.32 Å². The Morgan fingerprint density at radius 2 is 1.85 bits per heavy atom. The summed E-state index contributed by atoms with van der Waals surface area (Å²) in [5, 5.41) is 3.00. The summed E-state index contributed by atoms with van der Waals surface area (Å²) < 4.78 is 13.5. The van der Waals surface area contributed by atoms with E-state index in [0.717, 1.165) is 0 Å². The molecule has 0 aliphatic heterocycles. The highest BCUT2D eigenvalue weighted by molar-refractivity contribution is 6.33. The van der Waals surface area contributed by atoms with E-state index in [1.165, 1.54) is 24.3 Å². The molecule has 20 heavy (non-hydrogen) atoms. The van der Waals surface area contributed by atoms with E-state index >= 15 is 0 Å². The van der Waals surface area contributed by atoms with E-state index in [4.69, 9.17) is 34.8 Å². The number of nitrogens with one attached hydrogen (secondary N) is 1. The lowest BCUT2D eigenvalue weighted by molar-refractivity contribution is 0.0950. The maximum Gasteiger partial charge on any atom is 0.251 e. The van der Waals surface area contributed by atoms with Crippen LogP contribution in [0, 0.1) is 5.82 Å². The Balaban J connectivity index is 2.13. The van der Waals surface area contributed by atoms with Crippen molar-refractivity contribution in [1.29, 1.82) is 0 Å². The fraction of sp³-hybridized carbons (Fsp3) is 0.0769. The molecule has 7 heteroatoms. The number of aromatic nitrogens is 1. The third kappa shape index (κ3) is 3.60. The maximum atomic E-state index is 13.5. The zero-order valence-electron chi connectivity index (χ0n) is 9.96. The van der Waals surface area contributed by atoms with Gasteiger partial charge in [0.05, 0.1) is 0 Å². The number of rotatable bonds is 3. The monoisotopic (exact) mass is 332 g/mol. The van der Waals surface area contributed by atoms with Gasteiger partial charge in [-0.05, 0) is 24.3 Å². The van der Waals surface area contributed by atoms with Gasteiger partial charge in [-0.3, -0.25) is 4.79 Å². The second-order valence-corrected chi connectivity index (χ2v) is 5.07. The van der Waals surface area contributed by atoms with Crippen LogP contribution in [0.3, 0.4) is 0 Å². The number of halogens is 4. The predicted octanol–water partition coefficient (Wildman–Crippen LogP) is 4.11. The zero-order valence-corrected chi connectivity index (χ0v) is 12.2. The lowest BCUT2D eigenvalue weighted by Crippen LogP contribution is -2.23. The second-order valence-electron chi connectivity index (χ2n) is 3.88. The highest BCUT2D eigenvalue weighted by Crippen LogP contribution is 2.19. The normalized spacial score (nSPS) is 10.4. The average Bonchev–Trinajstić information content (AvgIpc) is 2.36. The van der Waals surface area contributed by atoms with Crippen LogP contribution in [0.1, 0.15) is 15.9 Å². The number of benzene rings is 1. The topological polar surface area (TPSA) is 42.0 Å². The van der Waals surface area contributed by atoms with Crippen molar-refractivity contribution in [1.82, 2.24) is 10.3 Å². The first-order valence-corrected chi connectivity index (χ1v) is 6.65. The third-order valence-electron chi connectivity index (χ3n) is 2.51. The molecule has 0 unspecified atom stereocenters. The molecule has 3 nitrogen and oxygen atoms in total. The Morgan fingerprint density at radius 3 is 2.45 bits per heavy atom. The van der Waals surface area contributed by atoms with Crippen molar-refractivity contribution in [2.24, 2.45) is 0 Å². The minimum Gasteiger partial charge on any atom is -0.348 e. The Morgan fingerprint density at radius 1 is 1.20 bits per heavy atom. The summed E-state index contributed by atoms with van der Waals surface area (Å²) in [5.74, 6) is -0.931. The van der Waals surface area contributed by atoms with Gasteiger partial charge in [-0.15, -0.1) is 0 Å². The maximum absolute atomic E-state index is 13.5. The summed E-state index contributed by atoms with van der Waals surface area (Å²) in [4.78, 5) is 15.7. The zero-order chi connectivity index (χ0) is 14.7. The number of carbonyl (C=O) groups excluding carboxylic acids is 1. The molecule has 0 aliphatic rings. The number of carbonyl (C=O) groups is 1. The molecule has 2 rings (SSSR count). The van der Waals surface area contributed by atoms with Crippen molar-refractivity contribution in [2.75, 3.05) is 0 Å². The molecule has 1 aromatic heterocycles. The Hall–Kier alpha value is -1.36. The Bertz CT molecular complexity index is 624. The van der Waals surface area contributed by atoms with Gasteiger partial charge in [-0.25, -0.2) is 9.37 Å². The van der Waals surface area contributed by atoms with E-state index in [1.807, 2.05) is 0 Å². The van der Waals surface area contributed by atoms with E-state index in [9.17, 15) is 9.18 Å². The summed E-state index contributed by atoms with van der Waals surface area (Å²) in [6.07, 6.45) is 0. The quantitative estimate of drug-likeness (QED) is 0.859. The highest BCUT2D eigenvalue weighted by atomic mass is 35.5. The van der Waals surface area contributed by atoms with Crippen LogP contribution >= 0.6 is 34.8 Å². The van der Waals surface area contributed by atoms with Crippen molar-refractivity contribution >= 4 is 40.7 Å². The smallest absolute Gasteiger partial charge is 0.251 e. The van der Waals surface area contributed by atoms with E-state index in [1.54, 1.807) is 6.07 Å². The van der Waals surface area contributed by atoms with Gasteiger partial charge in [-0.2, -0.15) is 0 Å². The van der Waals surface area contributed by atoms with Crippen LogP contribution in [0.25, 0.3) is 0 Å². The molecule has 0 fully saturated rings. The van der Waals surface area contributed by atoms with Crippen molar-refractivity contribution < 1.29 is 9.18 Å². The molecule has 0 radical (unpaired) electrons. The van der Waals surface area contributed by atoms with Crippen molar-refractivity contribution in [3.8, 4) is 0 Å². The fourth-order valence-corrected chi connectivity index (χ4v) is 2.26. The van der Waals surface area contributed by atoms with E-state index in [-0.39, 0.29) is 33.0 Å². The van der Waals surface area contributed by atoms with Gasteiger partial charge >= 0.3 is 0 Å². The third-order valence-corrected chi connectivity index (χ3v) is 3.25. The van der Waals surface area contributed by atoms with Gasteiger partial charge in [0, 0.05) is 22.7 Å². The van der Waals surface area contributed by atoms with Crippen molar-refractivity contribution in [3.05, 3.63) is 62.6 Å². The molecule has 1 heterocycles. The molecule has 104 valence electrons. The molecule has 0 aliphatic carbocycles. The molecule has 0 spiro atoms. The number of nitrogens with zero attached hydrogens (tertiary/aromatic N) is 1. The Kier molecular flexibility index (Phi) is 4.81. The summed E-state index contributed by atoms with van der Waals surface area (Å²) >= 11 is 17.3. The van der Waals surface area contributed by atoms with Gasteiger partial charge in [0.1, 0.15) is 16.1 Å².